The molecule has 1 atom stereocenters. The standard InChI is InChI=1S/C11H10N2O/c1-2-4-11-9(3-1)10(7-14-11)13-6-5-12-8-13/h1-6,8,10H,7H2. The van der Waals surface area contributed by atoms with Crippen LogP contribution < -0.4 is 4.74 Å². The molecule has 3 heteroatoms. The lowest BCUT2D eigenvalue weighted by molar-refractivity contribution is 0.316. The predicted molar refractivity (Wildman–Crippen MR) is 52.3 cm³/mol. The fourth-order valence-corrected chi connectivity index (χ4v) is 1.85. The molecular weight excluding hydrogens is 176 g/mol. The first-order valence-electron chi connectivity index (χ1n) is 4.64. The van der Waals surface area contributed by atoms with Crippen molar-refractivity contribution >= 4 is 0 Å². The second kappa shape index (κ2) is 2.87. The molecule has 14 heavy (non-hydrogen) atoms. The lowest BCUT2D eigenvalue weighted by Crippen LogP contribution is -2.09. The quantitative estimate of drug-likeness (QED) is 0.679. The van der Waals surface area contributed by atoms with Crippen molar-refractivity contribution < 1.29 is 4.74 Å². The molecule has 0 fully saturated rings. The van der Waals surface area contributed by atoms with Gasteiger partial charge in [0.05, 0.1) is 12.4 Å². The van der Waals surface area contributed by atoms with E-state index in [0.29, 0.717) is 6.61 Å². The van der Waals surface area contributed by atoms with E-state index in [0.717, 1.165) is 5.75 Å². The Labute approximate surface area is 82.0 Å². The molecule has 1 aromatic heterocycles. The van der Waals surface area contributed by atoms with Crippen molar-refractivity contribution in [3.8, 4) is 5.75 Å². The third-order valence-electron chi connectivity index (χ3n) is 2.56. The molecule has 0 aliphatic carbocycles. The summed E-state index contributed by atoms with van der Waals surface area (Å²) in [7, 11) is 0. The van der Waals surface area contributed by atoms with E-state index < -0.39 is 0 Å². The molecule has 0 saturated carbocycles. The number of nitrogens with zero attached hydrogens (tertiary/aromatic N) is 2. The average Bonchev–Trinajstić information content (AvgIpc) is 2.85. The van der Waals surface area contributed by atoms with E-state index in [1.807, 2.05) is 30.7 Å². The molecular formula is C11H10N2O. The molecule has 0 spiro atoms. The number of rotatable bonds is 1. The normalized spacial score (nSPS) is 19.0. The van der Waals surface area contributed by atoms with E-state index in [1.54, 1.807) is 6.20 Å². The largest absolute Gasteiger partial charge is 0.491 e. The van der Waals surface area contributed by atoms with Gasteiger partial charge in [0.15, 0.2) is 0 Å². The Kier molecular flexibility index (Phi) is 1.56. The topological polar surface area (TPSA) is 27.1 Å². The van der Waals surface area contributed by atoms with Crippen LogP contribution in [0.25, 0.3) is 0 Å². The van der Waals surface area contributed by atoms with Gasteiger partial charge in [0.1, 0.15) is 12.4 Å². The monoisotopic (exact) mass is 186 g/mol. The molecule has 3 nitrogen and oxygen atoms in total. The van der Waals surface area contributed by atoms with Gasteiger partial charge >= 0.3 is 0 Å². The molecule has 0 radical (unpaired) electrons. The Balaban J connectivity index is 2.06. The van der Waals surface area contributed by atoms with Crippen LogP contribution in [0.4, 0.5) is 0 Å². The molecule has 1 aliphatic rings. The summed E-state index contributed by atoms with van der Waals surface area (Å²) in [6.07, 6.45) is 5.59. The third kappa shape index (κ3) is 1.02. The summed E-state index contributed by atoms with van der Waals surface area (Å²) < 4.78 is 7.66. The van der Waals surface area contributed by atoms with Crippen molar-refractivity contribution in [2.45, 2.75) is 6.04 Å². The highest BCUT2D eigenvalue weighted by molar-refractivity contribution is 5.39. The number of para-hydroxylation sites is 1. The van der Waals surface area contributed by atoms with Crippen LogP contribution in [0, 0.1) is 0 Å². The van der Waals surface area contributed by atoms with E-state index in [4.69, 9.17) is 4.74 Å². The molecule has 2 aromatic rings. The summed E-state index contributed by atoms with van der Waals surface area (Å²) in [4.78, 5) is 4.05. The minimum atomic E-state index is 0.286. The number of ether oxygens (including phenoxy) is 1. The van der Waals surface area contributed by atoms with E-state index >= 15 is 0 Å². The second-order valence-electron chi connectivity index (χ2n) is 3.37. The highest BCUT2D eigenvalue weighted by Crippen LogP contribution is 2.33. The smallest absolute Gasteiger partial charge is 0.124 e. The maximum atomic E-state index is 5.59. The first-order chi connectivity index (χ1) is 6.95. The van der Waals surface area contributed by atoms with Gasteiger partial charge in [-0.2, -0.15) is 0 Å². The first kappa shape index (κ1) is 7.62. The summed E-state index contributed by atoms with van der Waals surface area (Å²) in [5.41, 5.74) is 1.24. The molecule has 2 heterocycles. The lowest BCUT2D eigenvalue weighted by Gasteiger charge is -2.09. The number of fused-ring (bicyclic) bond motifs is 1. The lowest BCUT2D eigenvalue weighted by atomic mass is 10.1. The van der Waals surface area contributed by atoms with Crippen LogP contribution in [0.3, 0.4) is 0 Å². The minimum Gasteiger partial charge on any atom is -0.491 e. The number of benzene rings is 1. The number of hydrogen-bond donors (Lipinski definition) is 0. The Morgan fingerprint density at radius 3 is 3.14 bits per heavy atom. The number of aromatic nitrogens is 2. The van der Waals surface area contributed by atoms with Crippen LogP contribution in [0.1, 0.15) is 11.6 Å². The van der Waals surface area contributed by atoms with Crippen LogP contribution in [-0.2, 0) is 0 Å². The van der Waals surface area contributed by atoms with E-state index in [9.17, 15) is 0 Å². The Morgan fingerprint density at radius 2 is 2.29 bits per heavy atom. The summed E-state index contributed by atoms with van der Waals surface area (Å²) >= 11 is 0. The highest BCUT2D eigenvalue weighted by Gasteiger charge is 2.24. The van der Waals surface area contributed by atoms with E-state index in [-0.39, 0.29) is 6.04 Å². The van der Waals surface area contributed by atoms with Crippen molar-refractivity contribution in [1.29, 1.82) is 0 Å². The summed E-state index contributed by atoms with van der Waals surface area (Å²) in [5, 5.41) is 0. The molecule has 1 aromatic carbocycles. The zero-order valence-corrected chi connectivity index (χ0v) is 7.63. The Bertz CT molecular complexity index is 436. The first-order valence-corrected chi connectivity index (χ1v) is 4.64. The van der Waals surface area contributed by atoms with E-state index in [1.165, 1.54) is 5.56 Å². The molecule has 1 unspecified atom stereocenters. The van der Waals surface area contributed by atoms with Crippen molar-refractivity contribution in [2.75, 3.05) is 6.61 Å². The third-order valence-corrected chi connectivity index (χ3v) is 2.56. The molecule has 0 amide bonds. The van der Waals surface area contributed by atoms with Crippen molar-refractivity contribution in [1.82, 2.24) is 9.55 Å². The maximum absolute atomic E-state index is 5.59. The Morgan fingerprint density at radius 1 is 1.36 bits per heavy atom. The van der Waals surface area contributed by atoms with Gasteiger partial charge in [-0.15, -0.1) is 0 Å². The van der Waals surface area contributed by atoms with Gasteiger partial charge in [0, 0.05) is 18.0 Å². The Hall–Kier alpha value is -1.77. The van der Waals surface area contributed by atoms with Gasteiger partial charge < -0.3 is 9.30 Å². The van der Waals surface area contributed by atoms with Crippen LogP contribution in [0.2, 0.25) is 0 Å². The fourth-order valence-electron chi connectivity index (χ4n) is 1.85. The van der Waals surface area contributed by atoms with Gasteiger partial charge in [-0.1, -0.05) is 18.2 Å². The fraction of sp³-hybridized carbons (Fsp3) is 0.182. The zero-order chi connectivity index (χ0) is 9.38. The van der Waals surface area contributed by atoms with Gasteiger partial charge in [-0.25, -0.2) is 4.98 Å². The highest BCUT2D eigenvalue weighted by atomic mass is 16.5. The number of hydrogen-bond acceptors (Lipinski definition) is 2. The second-order valence-corrected chi connectivity index (χ2v) is 3.37. The van der Waals surface area contributed by atoms with Crippen molar-refractivity contribution in [3.63, 3.8) is 0 Å². The number of imidazole rings is 1. The molecule has 70 valence electrons. The van der Waals surface area contributed by atoms with Crippen molar-refractivity contribution in [2.24, 2.45) is 0 Å². The maximum Gasteiger partial charge on any atom is 0.124 e. The minimum absolute atomic E-state index is 0.286. The summed E-state index contributed by atoms with van der Waals surface area (Å²) in [6.45, 7) is 0.704. The van der Waals surface area contributed by atoms with Gasteiger partial charge in [-0.05, 0) is 6.07 Å². The summed E-state index contributed by atoms with van der Waals surface area (Å²) in [5.74, 6) is 0.992. The van der Waals surface area contributed by atoms with Crippen LogP contribution >= 0.6 is 0 Å². The van der Waals surface area contributed by atoms with E-state index in [2.05, 4.69) is 15.6 Å². The van der Waals surface area contributed by atoms with Gasteiger partial charge in [-0.3, -0.25) is 0 Å². The molecule has 0 N–H and O–H groups in total. The zero-order valence-electron chi connectivity index (χ0n) is 7.63. The average molecular weight is 186 g/mol. The molecule has 0 saturated heterocycles. The molecule has 1 aliphatic heterocycles. The summed E-state index contributed by atoms with van der Waals surface area (Å²) in [6, 6.07) is 8.43. The molecule has 3 rings (SSSR count). The van der Waals surface area contributed by atoms with Crippen molar-refractivity contribution in [3.05, 3.63) is 48.5 Å². The predicted octanol–water partition coefficient (Wildman–Crippen LogP) is 1.86. The molecule has 0 bridgehead atoms. The SMILES string of the molecule is c1ccc2c(c1)OCC2n1ccnc1. The van der Waals surface area contributed by atoms with Crippen LogP contribution in [0.15, 0.2) is 43.0 Å². The van der Waals surface area contributed by atoms with Gasteiger partial charge in [0.2, 0.25) is 0 Å². The van der Waals surface area contributed by atoms with Crippen LogP contribution in [-0.4, -0.2) is 16.2 Å². The van der Waals surface area contributed by atoms with Gasteiger partial charge in [0.25, 0.3) is 0 Å². The van der Waals surface area contributed by atoms with Crippen LogP contribution in [0.5, 0.6) is 5.75 Å².